The van der Waals surface area contributed by atoms with Crippen molar-refractivity contribution in [3.05, 3.63) is 53.9 Å². The van der Waals surface area contributed by atoms with Crippen molar-refractivity contribution in [2.75, 3.05) is 76.4 Å². The molecule has 3 aromatic heterocycles. The van der Waals surface area contributed by atoms with Crippen molar-refractivity contribution in [3.8, 4) is 10.7 Å². The Morgan fingerprint density at radius 1 is 1.13 bits per heavy atom. The Morgan fingerprint density at radius 2 is 1.98 bits per heavy atom. The molecule has 3 aliphatic heterocycles. The van der Waals surface area contributed by atoms with Crippen LogP contribution in [0.5, 0.6) is 0 Å². The van der Waals surface area contributed by atoms with Crippen LogP contribution >= 0.6 is 11.3 Å². The summed E-state index contributed by atoms with van der Waals surface area (Å²) < 4.78 is 11.3. The average Bonchev–Trinajstić information content (AvgIpc) is 3.85. The van der Waals surface area contributed by atoms with E-state index in [-0.39, 0.29) is 18.4 Å². The minimum absolute atomic E-state index is 0.0381. The molecule has 0 spiro atoms. The molecule has 0 bridgehead atoms. The van der Waals surface area contributed by atoms with Gasteiger partial charge < -0.3 is 24.6 Å². The fourth-order valence-corrected chi connectivity index (χ4v) is 7.04. The molecule has 1 aromatic carbocycles. The number of benzene rings is 1. The Bertz CT molecular complexity index is 1720. The van der Waals surface area contributed by atoms with Crippen LogP contribution in [0.2, 0.25) is 0 Å². The van der Waals surface area contributed by atoms with Gasteiger partial charge in [0.05, 0.1) is 30.2 Å². The zero-order valence-corrected chi connectivity index (χ0v) is 25.9. The Kier molecular flexibility index (Phi) is 8.27. The molecule has 13 nitrogen and oxygen atoms in total. The Hall–Kier alpha value is -4.24. The number of H-pyrrole nitrogens is 1. The second-order valence-corrected chi connectivity index (χ2v) is 12.5. The van der Waals surface area contributed by atoms with E-state index in [4.69, 9.17) is 9.47 Å². The van der Waals surface area contributed by atoms with E-state index < -0.39 is 5.60 Å². The van der Waals surface area contributed by atoms with Gasteiger partial charge in [0.2, 0.25) is 5.91 Å². The van der Waals surface area contributed by atoms with Crippen LogP contribution < -0.4 is 10.2 Å². The largest absolute Gasteiger partial charge is 0.378 e. The first kappa shape index (κ1) is 29.5. The highest BCUT2D eigenvalue weighted by atomic mass is 32.1. The summed E-state index contributed by atoms with van der Waals surface area (Å²) in [7, 11) is 1.56. The number of amides is 2. The van der Waals surface area contributed by atoms with Crippen molar-refractivity contribution in [2.45, 2.75) is 18.4 Å². The van der Waals surface area contributed by atoms with E-state index in [1.165, 1.54) is 0 Å². The van der Waals surface area contributed by atoms with Gasteiger partial charge in [0.25, 0.3) is 5.91 Å². The summed E-state index contributed by atoms with van der Waals surface area (Å²) in [4.78, 5) is 47.0. The summed E-state index contributed by atoms with van der Waals surface area (Å²) in [6, 6.07) is 7.52. The molecule has 14 heteroatoms. The molecule has 0 unspecified atom stereocenters. The van der Waals surface area contributed by atoms with Crippen molar-refractivity contribution >= 4 is 51.1 Å². The van der Waals surface area contributed by atoms with Crippen LogP contribution in [-0.2, 0) is 19.1 Å². The van der Waals surface area contributed by atoms with E-state index in [9.17, 15) is 9.59 Å². The molecule has 0 radical (unpaired) electrons. The maximum Gasteiger partial charge on any atom is 0.258 e. The van der Waals surface area contributed by atoms with Gasteiger partial charge in [-0.25, -0.2) is 15.0 Å². The predicted octanol–water partition coefficient (Wildman–Crippen LogP) is 2.66. The first-order valence-electron chi connectivity index (χ1n) is 15.1. The molecule has 1 atom stereocenters. The van der Waals surface area contributed by atoms with Crippen LogP contribution in [0.25, 0.3) is 27.2 Å². The first-order chi connectivity index (χ1) is 22.0. The van der Waals surface area contributed by atoms with E-state index in [0.29, 0.717) is 57.3 Å². The number of carbonyl (C=O) groups excluding carboxylic acids is 2. The number of rotatable bonds is 8. The zero-order valence-electron chi connectivity index (χ0n) is 25.1. The van der Waals surface area contributed by atoms with E-state index >= 15 is 0 Å². The van der Waals surface area contributed by atoms with Crippen LogP contribution in [-0.4, -0.2) is 119 Å². The van der Waals surface area contributed by atoms with Crippen LogP contribution in [0.1, 0.15) is 17.8 Å². The number of nitrogens with zero attached hydrogens (tertiary/aromatic N) is 7. The highest BCUT2D eigenvalue weighted by molar-refractivity contribution is 7.16. The minimum Gasteiger partial charge on any atom is -0.378 e. The number of carbonyl (C=O) groups is 2. The predicted molar refractivity (Wildman–Crippen MR) is 171 cm³/mol. The number of methoxy groups -OCH3 is 1. The average molecular weight is 630 g/mol. The molecule has 4 aromatic rings. The lowest BCUT2D eigenvalue weighted by molar-refractivity contribution is -0.138. The number of morpholine rings is 1. The lowest BCUT2D eigenvalue weighted by Crippen LogP contribution is -2.48. The maximum atomic E-state index is 13.6. The number of aromatic nitrogens is 5. The smallest absolute Gasteiger partial charge is 0.258 e. The third-order valence-electron chi connectivity index (χ3n) is 8.71. The summed E-state index contributed by atoms with van der Waals surface area (Å²) in [5.74, 6) is 1.34. The number of likely N-dealkylation sites (tertiary alicyclic amines) is 1. The van der Waals surface area contributed by atoms with Crippen molar-refractivity contribution in [1.82, 2.24) is 34.9 Å². The summed E-state index contributed by atoms with van der Waals surface area (Å²) in [5.41, 5.74) is 1.67. The summed E-state index contributed by atoms with van der Waals surface area (Å²) >= 11 is 1.56. The van der Waals surface area contributed by atoms with Crippen LogP contribution in [0.4, 0.5) is 11.5 Å². The van der Waals surface area contributed by atoms with Crippen LogP contribution in [0.15, 0.2) is 48.9 Å². The molecule has 3 aliphatic rings. The fraction of sp³-hybridized carbons (Fsp3) is 0.419. The van der Waals surface area contributed by atoms with Gasteiger partial charge in [-0.05, 0) is 42.7 Å². The molecule has 2 amide bonds. The second-order valence-electron chi connectivity index (χ2n) is 11.4. The number of aromatic amines is 1. The molecular formula is C31H35N9O4S. The molecule has 6 heterocycles. The number of ether oxygens (including phenoxy) is 2. The second kappa shape index (κ2) is 12.6. The fourth-order valence-electron chi connectivity index (χ4n) is 6.11. The van der Waals surface area contributed by atoms with Crippen molar-refractivity contribution in [3.63, 3.8) is 0 Å². The molecular weight excluding hydrogens is 594 g/mol. The third kappa shape index (κ3) is 6.06. The number of nitrogens with one attached hydrogen (secondary N) is 2. The van der Waals surface area contributed by atoms with Gasteiger partial charge in [-0.2, -0.15) is 5.10 Å². The first-order valence-corrected chi connectivity index (χ1v) is 15.9. The van der Waals surface area contributed by atoms with Crippen molar-refractivity contribution in [2.24, 2.45) is 0 Å². The minimum atomic E-state index is -1.04. The number of thiazole rings is 1. The SMILES string of the molecule is CO[C@@]1(C(=O)Nc2ccc3[nH]nc(N4CCOCC4)c3c2)CCN(CC(=O)N2CC=C(c3ncc(-c4ncccn4)s3)CC2)C1. The van der Waals surface area contributed by atoms with E-state index in [0.717, 1.165) is 51.7 Å². The van der Waals surface area contributed by atoms with Gasteiger partial charge in [0, 0.05) is 76.0 Å². The van der Waals surface area contributed by atoms with Gasteiger partial charge >= 0.3 is 0 Å². The molecule has 0 aliphatic carbocycles. The van der Waals surface area contributed by atoms with Gasteiger partial charge in [0.1, 0.15) is 5.01 Å². The van der Waals surface area contributed by atoms with Gasteiger partial charge in [0.15, 0.2) is 17.2 Å². The topological polar surface area (TPSA) is 142 Å². The van der Waals surface area contributed by atoms with Crippen LogP contribution in [0.3, 0.4) is 0 Å². The number of fused-ring (bicyclic) bond motifs is 1. The quantitative estimate of drug-likeness (QED) is 0.299. The third-order valence-corrected chi connectivity index (χ3v) is 9.78. The Balaban J connectivity index is 0.954. The molecule has 0 saturated carbocycles. The molecule has 45 heavy (non-hydrogen) atoms. The summed E-state index contributed by atoms with van der Waals surface area (Å²) in [6.45, 7) is 5.17. The zero-order chi connectivity index (χ0) is 30.8. The highest BCUT2D eigenvalue weighted by Crippen LogP contribution is 2.32. The highest BCUT2D eigenvalue weighted by Gasteiger charge is 2.45. The number of anilines is 2. The molecule has 7 rings (SSSR count). The van der Waals surface area contributed by atoms with Crippen molar-refractivity contribution in [1.29, 1.82) is 0 Å². The monoisotopic (exact) mass is 629 g/mol. The van der Waals surface area contributed by atoms with E-state index in [1.807, 2.05) is 28.0 Å². The van der Waals surface area contributed by atoms with Gasteiger partial charge in [-0.3, -0.25) is 19.6 Å². The van der Waals surface area contributed by atoms with Gasteiger partial charge in [-0.15, -0.1) is 11.3 Å². The number of hydrogen-bond acceptors (Lipinski definition) is 11. The lowest BCUT2D eigenvalue weighted by atomic mass is 10.0. The van der Waals surface area contributed by atoms with E-state index in [1.54, 1.807) is 43.1 Å². The Morgan fingerprint density at radius 3 is 2.76 bits per heavy atom. The molecule has 234 valence electrons. The normalized spacial score (nSPS) is 20.9. The standard InChI is InChI=1S/C31H35N9O4S/c1-43-31(30(42)35-22-3-4-24-23(17-22)28(37-36-24)40-13-15-44-16-14-40)7-12-38(20-31)19-26(41)39-10-5-21(6-11-39)29-34-18-25(45-29)27-32-8-2-9-33-27/h2-5,8-9,17-18H,6-7,10-16,19-20H2,1H3,(H,35,42)(H,36,37)/t31-/m0/s1. The molecule has 2 fully saturated rings. The summed E-state index contributed by atoms with van der Waals surface area (Å²) in [6.07, 6.45) is 8.55. The van der Waals surface area contributed by atoms with Crippen molar-refractivity contribution < 1.29 is 19.1 Å². The molecule has 2 saturated heterocycles. The van der Waals surface area contributed by atoms with E-state index in [2.05, 4.69) is 41.4 Å². The lowest BCUT2D eigenvalue weighted by Gasteiger charge is -2.29. The maximum absolute atomic E-state index is 13.6. The van der Waals surface area contributed by atoms with Crippen LogP contribution in [0, 0.1) is 0 Å². The molecule has 2 N–H and O–H groups in total. The Labute approximate surface area is 264 Å². The van der Waals surface area contributed by atoms with Gasteiger partial charge in [-0.1, -0.05) is 6.08 Å². The number of hydrogen-bond donors (Lipinski definition) is 2. The summed E-state index contributed by atoms with van der Waals surface area (Å²) in [5, 5.41) is 12.5.